The molecule has 1 aliphatic heterocycles. The highest BCUT2D eigenvalue weighted by Gasteiger charge is 2.36. The SMILES string of the molecule is O=C(Nc1cccc(NC(=O)C2CC(=O)N(c3ccc(F)c([N+](=O)[O-])c3)C2)c1)c1cccs1. The number of nitro benzene ring substituents is 1. The molecule has 168 valence electrons. The first kappa shape index (κ1) is 22.1. The average Bonchev–Trinajstić information content (AvgIpc) is 3.44. The Balaban J connectivity index is 1.42. The molecule has 3 aromatic rings. The molecule has 2 heterocycles. The van der Waals surface area contributed by atoms with Gasteiger partial charge in [-0.3, -0.25) is 24.5 Å². The lowest BCUT2D eigenvalue weighted by molar-refractivity contribution is -0.387. The third-order valence-corrected chi connectivity index (χ3v) is 5.94. The van der Waals surface area contributed by atoms with Crippen LogP contribution in [0.2, 0.25) is 0 Å². The van der Waals surface area contributed by atoms with Gasteiger partial charge in [-0.05, 0) is 41.8 Å². The Hall–Kier alpha value is -4.12. The third-order valence-electron chi connectivity index (χ3n) is 5.07. The molecule has 0 saturated carbocycles. The molecule has 0 spiro atoms. The van der Waals surface area contributed by atoms with Crippen molar-refractivity contribution >= 4 is 51.8 Å². The summed E-state index contributed by atoms with van der Waals surface area (Å²) in [5, 5.41) is 18.3. The maximum atomic E-state index is 13.6. The van der Waals surface area contributed by atoms with E-state index in [2.05, 4.69) is 10.6 Å². The summed E-state index contributed by atoms with van der Waals surface area (Å²) >= 11 is 1.31. The summed E-state index contributed by atoms with van der Waals surface area (Å²) in [7, 11) is 0. The highest BCUT2D eigenvalue weighted by atomic mass is 32.1. The predicted octanol–water partition coefficient (Wildman–Crippen LogP) is 4.04. The van der Waals surface area contributed by atoms with Crippen LogP contribution in [0.15, 0.2) is 60.0 Å². The second-order valence-corrected chi connectivity index (χ2v) is 8.25. The van der Waals surface area contributed by atoms with E-state index >= 15 is 0 Å². The van der Waals surface area contributed by atoms with Gasteiger partial charge in [0.05, 0.1) is 21.4 Å². The molecular weight excluding hydrogens is 451 g/mol. The number of nitrogens with zero attached hydrogens (tertiary/aromatic N) is 2. The fourth-order valence-corrected chi connectivity index (χ4v) is 4.08. The van der Waals surface area contributed by atoms with E-state index in [1.165, 1.54) is 22.3 Å². The number of rotatable bonds is 6. The molecule has 9 nitrogen and oxygen atoms in total. The number of thiophene rings is 1. The van der Waals surface area contributed by atoms with Gasteiger partial charge in [0.1, 0.15) is 0 Å². The minimum absolute atomic E-state index is 0.00224. The molecule has 2 N–H and O–H groups in total. The molecule has 1 aliphatic rings. The predicted molar refractivity (Wildman–Crippen MR) is 121 cm³/mol. The van der Waals surface area contributed by atoms with E-state index in [9.17, 15) is 28.9 Å². The molecule has 0 aliphatic carbocycles. The number of anilines is 3. The van der Waals surface area contributed by atoms with Crippen molar-refractivity contribution in [1.82, 2.24) is 0 Å². The van der Waals surface area contributed by atoms with Gasteiger partial charge in [-0.1, -0.05) is 12.1 Å². The number of carbonyl (C=O) groups excluding carboxylic acids is 3. The number of hydrogen-bond acceptors (Lipinski definition) is 6. The Morgan fingerprint density at radius 3 is 2.55 bits per heavy atom. The first-order valence-electron chi connectivity index (χ1n) is 9.82. The van der Waals surface area contributed by atoms with Crippen molar-refractivity contribution < 1.29 is 23.7 Å². The maximum Gasteiger partial charge on any atom is 0.306 e. The van der Waals surface area contributed by atoms with E-state index < -0.39 is 34.2 Å². The number of hydrogen-bond donors (Lipinski definition) is 2. The van der Waals surface area contributed by atoms with E-state index in [0.29, 0.717) is 16.3 Å². The number of halogens is 1. The molecule has 2 aromatic carbocycles. The third kappa shape index (κ3) is 4.88. The van der Waals surface area contributed by atoms with E-state index in [4.69, 9.17) is 0 Å². The Morgan fingerprint density at radius 1 is 1.09 bits per heavy atom. The fraction of sp³-hybridized carbons (Fsp3) is 0.136. The zero-order chi connectivity index (χ0) is 23.5. The van der Waals surface area contributed by atoms with Gasteiger partial charge in [0, 0.05) is 30.4 Å². The second kappa shape index (κ2) is 9.17. The quantitative estimate of drug-likeness (QED) is 0.418. The molecule has 1 atom stereocenters. The molecule has 1 saturated heterocycles. The zero-order valence-electron chi connectivity index (χ0n) is 17.0. The lowest BCUT2D eigenvalue weighted by Gasteiger charge is -2.17. The summed E-state index contributed by atoms with van der Waals surface area (Å²) in [5.74, 6) is -2.78. The van der Waals surface area contributed by atoms with Gasteiger partial charge in [-0.15, -0.1) is 11.3 Å². The van der Waals surface area contributed by atoms with Crippen LogP contribution in [0, 0.1) is 21.8 Å². The number of nitrogens with one attached hydrogen (secondary N) is 2. The van der Waals surface area contributed by atoms with Gasteiger partial charge in [0.25, 0.3) is 5.91 Å². The topological polar surface area (TPSA) is 122 Å². The summed E-state index contributed by atoms with van der Waals surface area (Å²) < 4.78 is 13.6. The molecule has 4 rings (SSSR count). The number of benzene rings is 2. The van der Waals surface area contributed by atoms with Crippen molar-refractivity contribution in [2.75, 3.05) is 22.1 Å². The van der Waals surface area contributed by atoms with Gasteiger partial charge < -0.3 is 15.5 Å². The van der Waals surface area contributed by atoms with Crippen LogP contribution in [0.25, 0.3) is 0 Å². The van der Waals surface area contributed by atoms with Crippen LogP contribution in [-0.4, -0.2) is 29.2 Å². The smallest absolute Gasteiger partial charge is 0.306 e. The minimum Gasteiger partial charge on any atom is -0.326 e. The van der Waals surface area contributed by atoms with Crippen molar-refractivity contribution in [3.8, 4) is 0 Å². The zero-order valence-corrected chi connectivity index (χ0v) is 17.8. The summed E-state index contributed by atoms with van der Waals surface area (Å²) in [6, 6.07) is 13.2. The standard InChI is InChI=1S/C22H17FN4O5S/c23-17-7-6-16(11-18(17)27(31)32)26-12-13(9-20(26)28)21(29)24-14-3-1-4-15(10-14)25-22(30)19-5-2-8-33-19/h1-8,10-11,13H,9,12H2,(H,24,29)(H,25,30). The van der Waals surface area contributed by atoms with Crippen LogP contribution in [-0.2, 0) is 9.59 Å². The molecule has 1 fully saturated rings. The molecule has 1 unspecified atom stereocenters. The number of carbonyl (C=O) groups is 3. The first-order valence-corrected chi connectivity index (χ1v) is 10.7. The van der Waals surface area contributed by atoms with Crippen LogP contribution in [0.4, 0.5) is 27.1 Å². The van der Waals surface area contributed by atoms with Gasteiger partial charge in [0.2, 0.25) is 17.6 Å². The molecule has 11 heteroatoms. The summed E-state index contributed by atoms with van der Waals surface area (Å²) in [4.78, 5) is 49.3. The largest absolute Gasteiger partial charge is 0.326 e. The molecule has 33 heavy (non-hydrogen) atoms. The molecule has 1 aromatic heterocycles. The van der Waals surface area contributed by atoms with E-state index in [1.807, 2.05) is 0 Å². The second-order valence-electron chi connectivity index (χ2n) is 7.30. The van der Waals surface area contributed by atoms with Crippen LogP contribution in [0.3, 0.4) is 0 Å². The number of amides is 3. The van der Waals surface area contributed by atoms with Crippen molar-refractivity contribution in [1.29, 1.82) is 0 Å². The number of nitro groups is 1. The van der Waals surface area contributed by atoms with Crippen LogP contribution in [0.1, 0.15) is 16.1 Å². The Labute approximate surface area is 191 Å². The average molecular weight is 468 g/mol. The van der Waals surface area contributed by atoms with Crippen LogP contribution >= 0.6 is 11.3 Å². The Kier molecular flexibility index (Phi) is 6.13. The lowest BCUT2D eigenvalue weighted by Crippen LogP contribution is -2.28. The summed E-state index contributed by atoms with van der Waals surface area (Å²) in [6.45, 7) is 0.00224. The van der Waals surface area contributed by atoms with Crippen LogP contribution in [0.5, 0.6) is 0 Å². The highest BCUT2D eigenvalue weighted by Crippen LogP contribution is 2.30. The van der Waals surface area contributed by atoms with E-state index in [0.717, 1.165) is 12.1 Å². The minimum atomic E-state index is -1.00. The molecule has 3 amide bonds. The molecule has 0 radical (unpaired) electrons. The van der Waals surface area contributed by atoms with E-state index in [1.54, 1.807) is 41.8 Å². The Morgan fingerprint density at radius 2 is 1.85 bits per heavy atom. The normalized spacial score (nSPS) is 15.4. The monoisotopic (exact) mass is 468 g/mol. The Bertz CT molecular complexity index is 1250. The van der Waals surface area contributed by atoms with Crippen molar-refractivity contribution in [3.05, 3.63) is 80.8 Å². The summed E-state index contributed by atoms with van der Waals surface area (Å²) in [5.41, 5.74) is 0.345. The molecule has 0 bridgehead atoms. The maximum absolute atomic E-state index is 13.6. The van der Waals surface area contributed by atoms with Gasteiger partial charge in [-0.2, -0.15) is 4.39 Å². The van der Waals surface area contributed by atoms with Gasteiger partial charge >= 0.3 is 5.69 Å². The fourth-order valence-electron chi connectivity index (χ4n) is 3.46. The van der Waals surface area contributed by atoms with Crippen molar-refractivity contribution in [3.63, 3.8) is 0 Å². The van der Waals surface area contributed by atoms with Crippen LogP contribution < -0.4 is 15.5 Å². The van der Waals surface area contributed by atoms with Gasteiger partial charge in [0.15, 0.2) is 0 Å². The van der Waals surface area contributed by atoms with Gasteiger partial charge in [-0.25, -0.2) is 0 Å². The van der Waals surface area contributed by atoms with Crippen molar-refractivity contribution in [2.45, 2.75) is 6.42 Å². The lowest BCUT2D eigenvalue weighted by atomic mass is 10.1. The highest BCUT2D eigenvalue weighted by molar-refractivity contribution is 7.12. The summed E-state index contributed by atoms with van der Waals surface area (Å²) in [6.07, 6.45) is -0.0915. The molecular formula is C22H17FN4O5S. The van der Waals surface area contributed by atoms with E-state index in [-0.39, 0.29) is 24.6 Å². The van der Waals surface area contributed by atoms with Crippen molar-refractivity contribution in [2.24, 2.45) is 5.92 Å². The first-order chi connectivity index (χ1) is 15.8.